The van der Waals surface area contributed by atoms with E-state index in [4.69, 9.17) is 9.72 Å². The summed E-state index contributed by atoms with van der Waals surface area (Å²) in [4.78, 5) is 17.3. The molecule has 0 unspecified atom stereocenters. The highest BCUT2D eigenvalue weighted by Gasteiger charge is 2.11. The van der Waals surface area contributed by atoms with Gasteiger partial charge in [0.05, 0.1) is 17.6 Å². The highest BCUT2D eigenvalue weighted by Crippen LogP contribution is 2.19. The lowest BCUT2D eigenvalue weighted by atomic mass is 10.1. The third kappa shape index (κ3) is 6.72. The number of hydrogen-bond donors (Lipinski definition) is 1. The molecular weight excluding hydrogens is 434 g/mol. The minimum absolute atomic E-state index is 0.0256. The van der Waals surface area contributed by atoms with Crippen LogP contribution in [0.1, 0.15) is 52.1 Å². The van der Waals surface area contributed by atoms with Crippen LogP contribution in [0.3, 0.4) is 0 Å². The van der Waals surface area contributed by atoms with E-state index in [2.05, 4.69) is 60.1 Å². The topological polar surface area (TPSA) is 56.2 Å². The average molecular weight is 470 g/mol. The number of hydrogen-bond acceptors (Lipinski definition) is 3. The number of imidazole rings is 1. The lowest BCUT2D eigenvalue weighted by Crippen LogP contribution is -2.25. The van der Waals surface area contributed by atoms with Crippen molar-refractivity contribution in [3.05, 3.63) is 94.8 Å². The smallest absolute Gasteiger partial charge is 0.251 e. The van der Waals surface area contributed by atoms with Gasteiger partial charge in [-0.1, -0.05) is 35.9 Å². The molecule has 5 heteroatoms. The number of amides is 1. The van der Waals surface area contributed by atoms with Gasteiger partial charge in [-0.05, 0) is 87.6 Å². The normalized spacial score (nSPS) is 11.1. The van der Waals surface area contributed by atoms with E-state index in [9.17, 15) is 4.79 Å². The monoisotopic (exact) mass is 469 g/mol. The maximum absolute atomic E-state index is 12.4. The van der Waals surface area contributed by atoms with E-state index in [1.54, 1.807) is 0 Å². The maximum Gasteiger partial charge on any atom is 0.251 e. The summed E-state index contributed by atoms with van der Waals surface area (Å²) in [5.74, 6) is 2.00. The Bertz CT molecular complexity index is 1250. The molecule has 0 spiro atoms. The van der Waals surface area contributed by atoms with Crippen LogP contribution in [-0.2, 0) is 13.0 Å². The van der Waals surface area contributed by atoms with Gasteiger partial charge in [0.2, 0.25) is 0 Å². The Labute approximate surface area is 208 Å². The van der Waals surface area contributed by atoms with Crippen LogP contribution in [0.2, 0.25) is 0 Å². The summed E-state index contributed by atoms with van der Waals surface area (Å²) in [6, 6.07) is 22.3. The Balaban J connectivity index is 1.29. The molecule has 1 N–H and O–H groups in total. The Hall–Kier alpha value is -3.60. The molecule has 0 aliphatic rings. The van der Waals surface area contributed by atoms with Gasteiger partial charge in [-0.3, -0.25) is 4.79 Å². The van der Waals surface area contributed by atoms with Gasteiger partial charge < -0.3 is 14.6 Å². The summed E-state index contributed by atoms with van der Waals surface area (Å²) in [7, 11) is 0. The average Bonchev–Trinajstić information content (AvgIpc) is 3.18. The molecular formula is C30H35N3O2. The van der Waals surface area contributed by atoms with Crippen LogP contribution < -0.4 is 10.1 Å². The van der Waals surface area contributed by atoms with Crippen LogP contribution in [0.15, 0.2) is 66.7 Å². The third-order valence-electron chi connectivity index (χ3n) is 6.15. The predicted molar refractivity (Wildman–Crippen MR) is 142 cm³/mol. The van der Waals surface area contributed by atoms with Crippen LogP contribution in [0.5, 0.6) is 5.75 Å². The van der Waals surface area contributed by atoms with Gasteiger partial charge >= 0.3 is 0 Å². The zero-order chi connectivity index (χ0) is 24.6. The Morgan fingerprint density at radius 1 is 0.886 bits per heavy atom. The first-order valence-electron chi connectivity index (χ1n) is 12.5. The van der Waals surface area contributed by atoms with Crippen LogP contribution in [0, 0.1) is 20.8 Å². The van der Waals surface area contributed by atoms with Crippen LogP contribution >= 0.6 is 0 Å². The number of aromatic nitrogens is 2. The zero-order valence-electron chi connectivity index (χ0n) is 21.0. The minimum atomic E-state index is -0.0256. The Morgan fingerprint density at radius 2 is 1.63 bits per heavy atom. The second kappa shape index (κ2) is 11.7. The standard InChI is InChI=1S/C30H35N3O2/c1-22-12-14-25(15-13-22)30(34)31-16-8-11-29-32-27-9-4-5-10-28(27)33(29)17-6-7-18-35-26-20-23(2)19-24(3)21-26/h4-5,9-10,12-15,19-21H,6-8,11,16-18H2,1-3H3,(H,31,34). The van der Waals surface area contributed by atoms with E-state index in [1.165, 1.54) is 16.6 Å². The van der Waals surface area contributed by atoms with Crippen molar-refractivity contribution < 1.29 is 9.53 Å². The van der Waals surface area contributed by atoms with Gasteiger partial charge in [0.15, 0.2) is 0 Å². The van der Waals surface area contributed by atoms with Gasteiger partial charge in [0.25, 0.3) is 5.91 Å². The summed E-state index contributed by atoms with van der Waals surface area (Å²) in [5.41, 5.74) is 6.50. The van der Waals surface area contributed by atoms with Crippen molar-refractivity contribution in [2.24, 2.45) is 0 Å². The molecule has 0 bridgehead atoms. The molecule has 1 amide bonds. The molecule has 4 rings (SSSR count). The molecule has 3 aromatic carbocycles. The molecule has 182 valence electrons. The number of rotatable bonds is 11. The van der Waals surface area contributed by atoms with E-state index < -0.39 is 0 Å². The number of nitrogens with one attached hydrogen (secondary N) is 1. The second-order valence-electron chi connectivity index (χ2n) is 9.27. The van der Waals surface area contributed by atoms with Gasteiger partial charge in [0.1, 0.15) is 11.6 Å². The quantitative estimate of drug-likeness (QED) is 0.267. The largest absolute Gasteiger partial charge is 0.494 e. The molecule has 1 aromatic heterocycles. The summed E-state index contributed by atoms with van der Waals surface area (Å²) in [6.07, 6.45) is 3.66. The minimum Gasteiger partial charge on any atom is -0.494 e. The molecule has 35 heavy (non-hydrogen) atoms. The number of nitrogens with zero attached hydrogens (tertiary/aromatic N) is 2. The third-order valence-corrected chi connectivity index (χ3v) is 6.15. The number of carbonyl (C=O) groups excluding carboxylic acids is 1. The van der Waals surface area contributed by atoms with E-state index in [-0.39, 0.29) is 5.91 Å². The Morgan fingerprint density at radius 3 is 2.40 bits per heavy atom. The predicted octanol–water partition coefficient (Wildman–Crippen LogP) is 6.18. The molecule has 0 aliphatic heterocycles. The SMILES string of the molecule is Cc1ccc(C(=O)NCCCc2nc3ccccc3n2CCCCOc2cc(C)cc(C)c2)cc1. The van der Waals surface area contributed by atoms with Gasteiger partial charge in [0, 0.05) is 25.1 Å². The zero-order valence-corrected chi connectivity index (χ0v) is 21.0. The van der Waals surface area contributed by atoms with Gasteiger partial charge in [-0.2, -0.15) is 0 Å². The van der Waals surface area contributed by atoms with Crippen LogP contribution in [0.4, 0.5) is 0 Å². The molecule has 0 atom stereocenters. The number of aryl methyl sites for hydroxylation is 5. The first-order valence-corrected chi connectivity index (χ1v) is 12.5. The molecule has 5 nitrogen and oxygen atoms in total. The van der Waals surface area contributed by atoms with Crippen LogP contribution in [-0.4, -0.2) is 28.6 Å². The maximum atomic E-state index is 12.4. The fraction of sp³-hybridized carbons (Fsp3) is 0.333. The van der Waals surface area contributed by atoms with E-state index in [0.29, 0.717) is 18.7 Å². The first kappa shape index (κ1) is 24.5. The number of unbranched alkanes of at least 4 members (excludes halogenated alkanes) is 1. The van der Waals surface area contributed by atoms with Crippen molar-refractivity contribution in [1.82, 2.24) is 14.9 Å². The lowest BCUT2D eigenvalue weighted by molar-refractivity contribution is 0.0953. The lowest BCUT2D eigenvalue weighted by Gasteiger charge is -2.11. The number of fused-ring (bicyclic) bond motifs is 1. The van der Waals surface area contributed by atoms with Crippen molar-refractivity contribution in [2.75, 3.05) is 13.2 Å². The highest BCUT2D eigenvalue weighted by molar-refractivity contribution is 5.94. The molecule has 4 aromatic rings. The van der Waals surface area contributed by atoms with Crippen molar-refractivity contribution in [3.8, 4) is 5.75 Å². The number of para-hydroxylation sites is 2. The van der Waals surface area contributed by atoms with Gasteiger partial charge in [-0.25, -0.2) is 4.98 Å². The number of carbonyl (C=O) groups is 1. The summed E-state index contributed by atoms with van der Waals surface area (Å²) < 4.78 is 8.31. The van der Waals surface area contributed by atoms with Crippen molar-refractivity contribution in [2.45, 2.75) is 53.0 Å². The summed E-state index contributed by atoms with van der Waals surface area (Å²) in [5, 5.41) is 3.03. The summed E-state index contributed by atoms with van der Waals surface area (Å²) >= 11 is 0. The second-order valence-corrected chi connectivity index (χ2v) is 9.27. The first-order chi connectivity index (χ1) is 17.0. The van der Waals surface area contributed by atoms with Gasteiger partial charge in [-0.15, -0.1) is 0 Å². The highest BCUT2D eigenvalue weighted by atomic mass is 16.5. The molecule has 0 fully saturated rings. The van der Waals surface area contributed by atoms with E-state index in [0.717, 1.165) is 54.9 Å². The molecule has 0 saturated carbocycles. The van der Waals surface area contributed by atoms with E-state index >= 15 is 0 Å². The summed E-state index contributed by atoms with van der Waals surface area (Å²) in [6.45, 7) is 8.45. The molecule has 0 saturated heterocycles. The Kier molecular flexibility index (Phi) is 8.19. The van der Waals surface area contributed by atoms with Crippen molar-refractivity contribution >= 4 is 16.9 Å². The number of ether oxygens (including phenoxy) is 1. The number of benzene rings is 3. The van der Waals surface area contributed by atoms with E-state index in [1.807, 2.05) is 37.3 Å². The molecule has 0 radical (unpaired) electrons. The molecule has 1 heterocycles. The molecule has 0 aliphatic carbocycles. The fourth-order valence-electron chi connectivity index (χ4n) is 4.40. The van der Waals surface area contributed by atoms with Crippen LogP contribution in [0.25, 0.3) is 11.0 Å². The fourth-order valence-corrected chi connectivity index (χ4v) is 4.40. The van der Waals surface area contributed by atoms with Crippen molar-refractivity contribution in [1.29, 1.82) is 0 Å². The van der Waals surface area contributed by atoms with Crippen molar-refractivity contribution in [3.63, 3.8) is 0 Å².